The number of terminal acetylenes is 1. The van der Waals surface area contributed by atoms with Crippen molar-refractivity contribution in [3.8, 4) is 18.1 Å². The zero-order chi connectivity index (χ0) is 20.8. The van der Waals surface area contributed by atoms with Crippen LogP contribution in [-0.2, 0) is 9.59 Å². The van der Waals surface area contributed by atoms with Crippen LogP contribution in [0.3, 0.4) is 0 Å². The number of rotatable bonds is 6. The largest absolute Gasteiger partial charge is 0.495 e. The monoisotopic (exact) mass is 445 g/mol. The maximum absolute atomic E-state index is 13.1. The van der Waals surface area contributed by atoms with E-state index in [1.807, 2.05) is 17.5 Å². The van der Waals surface area contributed by atoms with Gasteiger partial charge in [0.2, 0.25) is 5.91 Å². The highest BCUT2D eigenvalue weighted by molar-refractivity contribution is 8.14. The van der Waals surface area contributed by atoms with Crippen LogP contribution in [0.1, 0.15) is 4.88 Å². The Bertz CT molecular complexity index is 1030. The molecule has 0 fully saturated rings. The number of hydrogen-bond acceptors (Lipinski definition) is 6. The van der Waals surface area contributed by atoms with Gasteiger partial charge in [0.1, 0.15) is 11.4 Å². The molecule has 1 aliphatic rings. The van der Waals surface area contributed by atoms with Crippen molar-refractivity contribution in [3.05, 3.63) is 51.3 Å². The van der Waals surface area contributed by atoms with Crippen molar-refractivity contribution in [1.29, 1.82) is 0 Å². The van der Waals surface area contributed by atoms with Crippen LogP contribution in [0.5, 0.6) is 5.75 Å². The number of aliphatic imine (C=N–C) groups is 1. The summed E-state index contributed by atoms with van der Waals surface area (Å²) in [5.41, 5.74) is 0.816. The standard InChI is InChI=1S/C20H16ClN3O3S2/c1-3-8-22-18(25)12-29-20-23-16(11-14-5-4-9-28-14)19(26)24(20)13-6-7-17(27-2)15(21)10-13/h1,4-7,9-11H,8,12H2,2H3,(H,22,25)/b16-11+. The Morgan fingerprint density at radius 1 is 1.48 bits per heavy atom. The number of ether oxygens (including phenoxy) is 1. The van der Waals surface area contributed by atoms with Gasteiger partial charge in [0.15, 0.2) is 5.17 Å². The highest BCUT2D eigenvalue weighted by Crippen LogP contribution is 2.34. The predicted molar refractivity (Wildman–Crippen MR) is 120 cm³/mol. The molecule has 2 aromatic rings. The van der Waals surface area contributed by atoms with Crippen molar-refractivity contribution < 1.29 is 14.3 Å². The van der Waals surface area contributed by atoms with Crippen LogP contribution in [0.2, 0.25) is 5.02 Å². The van der Waals surface area contributed by atoms with Crippen molar-refractivity contribution in [1.82, 2.24) is 5.32 Å². The van der Waals surface area contributed by atoms with Gasteiger partial charge in [-0.3, -0.25) is 14.5 Å². The molecule has 0 aliphatic carbocycles. The van der Waals surface area contributed by atoms with E-state index in [1.165, 1.54) is 23.3 Å². The Hall–Kier alpha value is -2.73. The highest BCUT2D eigenvalue weighted by atomic mass is 35.5. The summed E-state index contributed by atoms with van der Waals surface area (Å²) in [6.07, 6.45) is 6.87. The minimum atomic E-state index is -0.300. The highest BCUT2D eigenvalue weighted by Gasteiger charge is 2.32. The van der Waals surface area contributed by atoms with Crippen LogP contribution in [0.15, 0.2) is 46.4 Å². The summed E-state index contributed by atoms with van der Waals surface area (Å²) < 4.78 is 5.17. The molecule has 0 radical (unpaired) electrons. The quantitative estimate of drug-likeness (QED) is 0.544. The normalized spacial score (nSPS) is 14.7. The van der Waals surface area contributed by atoms with Crippen LogP contribution < -0.4 is 15.0 Å². The fourth-order valence-corrected chi connectivity index (χ4v) is 4.20. The Balaban J connectivity index is 1.90. The van der Waals surface area contributed by atoms with Gasteiger partial charge in [-0.15, -0.1) is 17.8 Å². The van der Waals surface area contributed by atoms with Gasteiger partial charge >= 0.3 is 0 Å². The van der Waals surface area contributed by atoms with Crippen LogP contribution in [0.4, 0.5) is 5.69 Å². The molecule has 2 heterocycles. The fourth-order valence-electron chi connectivity index (χ4n) is 2.45. The van der Waals surface area contributed by atoms with Crippen molar-refractivity contribution >= 4 is 63.4 Å². The van der Waals surface area contributed by atoms with E-state index >= 15 is 0 Å². The minimum absolute atomic E-state index is 0.0699. The van der Waals surface area contributed by atoms with Crippen molar-refractivity contribution in [3.63, 3.8) is 0 Å². The molecule has 0 saturated heterocycles. The van der Waals surface area contributed by atoms with Gasteiger partial charge in [-0.05, 0) is 35.7 Å². The molecular formula is C20H16ClN3O3S2. The maximum atomic E-state index is 13.1. The van der Waals surface area contributed by atoms with Gasteiger partial charge in [0, 0.05) is 4.88 Å². The Kier molecular flexibility index (Phi) is 6.99. The SMILES string of the molecule is C#CCNC(=O)CSC1=N/C(=C/c2cccs2)C(=O)N1c1ccc(OC)c(Cl)c1. The Labute approximate surface area is 181 Å². The van der Waals surface area contributed by atoms with E-state index in [-0.39, 0.29) is 29.8 Å². The van der Waals surface area contributed by atoms with E-state index in [0.717, 1.165) is 16.6 Å². The van der Waals surface area contributed by atoms with E-state index in [9.17, 15) is 9.59 Å². The number of amidine groups is 1. The third-order valence-electron chi connectivity index (χ3n) is 3.77. The average molecular weight is 446 g/mol. The summed E-state index contributed by atoms with van der Waals surface area (Å²) in [6.45, 7) is 0.145. The molecule has 0 atom stereocenters. The molecule has 6 nitrogen and oxygen atoms in total. The lowest BCUT2D eigenvalue weighted by Gasteiger charge is -2.18. The number of nitrogens with one attached hydrogen (secondary N) is 1. The molecule has 0 unspecified atom stereocenters. The van der Waals surface area contributed by atoms with Gasteiger partial charge in [0.25, 0.3) is 5.91 Å². The minimum Gasteiger partial charge on any atom is -0.495 e. The number of thioether (sulfide) groups is 1. The van der Waals surface area contributed by atoms with Gasteiger partial charge in [-0.1, -0.05) is 35.3 Å². The molecule has 29 heavy (non-hydrogen) atoms. The molecule has 0 bridgehead atoms. The summed E-state index contributed by atoms with van der Waals surface area (Å²) in [5, 5.41) is 5.26. The van der Waals surface area contributed by atoms with Gasteiger partial charge in [-0.2, -0.15) is 0 Å². The summed E-state index contributed by atoms with van der Waals surface area (Å²) >= 11 is 8.88. The molecule has 2 amide bonds. The third kappa shape index (κ3) is 5.01. The molecule has 0 spiro atoms. The zero-order valence-corrected chi connectivity index (χ0v) is 17.7. The summed E-state index contributed by atoms with van der Waals surface area (Å²) in [7, 11) is 1.52. The third-order valence-corrected chi connectivity index (χ3v) is 5.82. The summed E-state index contributed by atoms with van der Waals surface area (Å²) in [6, 6.07) is 8.81. The van der Waals surface area contributed by atoms with Gasteiger partial charge < -0.3 is 10.1 Å². The molecule has 0 saturated carbocycles. The number of amides is 2. The molecule has 148 valence electrons. The van der Waals surface area contributed by atoms with Crippen molar-refractivity contribution in [2.24, 2.45) is 4.99 Å². The lowest BCUT2D eigenvalue weighted by Crippen LogP contribution is -2.32. The number of benzene rings is 1. The number of hydrogen-bond donors (Lipinski definition) is 1. The molecule has 9 heteroatoms. The summed E-state index contributed by atoms with van der Waals surface area (Å²) in [5.74, 6) is 2.37. The first-order valence-corrected chi connectivity index (χ1v) is 10.6. The topological polar surface area (TPSA) is 71.0 Å². The van der Waals surface area contributed by atoms with Crippen LogP contribution in [-0.4, -0.2) is 36.4 Å². The number of carbonyl (C=O) groups is 2. The second kappa shape index (κ2) is 9.65. The van der Waals surface area contributed by atoms with Crippen LogP contribution >= 0.6 is 34.7 Å². The first-order valence-electron chi connectivity index (χ1n) is 8.38. The van der Waals surface area contributed by atoms with E-state index in [1.54, 1.807) is 24.3 Å². The number of carbonyl (C=O) groups excluding carboxylic acids is 2. The second-order valence-corrected chi connectivity index (χ2v) is 8.00. The zero-order valence-electron chi connectivity index (χ0n) is 15.3. The van der Waals surface area contributed by atoms with Crippen molar-refractivity contribution in [2.45, 2.75) is 0 Å². The fraction of sp³-hybridized carbons (Fsp3) is 0.150. The molecule has 1 aromatic carbocycles. The second-order valence-electron chi connectivity index (χ2n) is 5.67. The van der Waals surface area contributed by atoms with Gasteiger partial charge in [-0.25, -0.2) is 4.99 Å². The molecule has 1 N–H and O–H groups in total. The first-order chi connectivity index (χ1) is 14.0. The van der Waals surface area contributed by atoms with Crippen LogP contribution in [0, 0.1) is 12.3 Å². The Morgan fingerprint density at radius 2 is 2.31 bits per heavy atom. The molecule has 3 rings (SSSR count). The van der Waals surface area contributed by atoms with E-state index < -0.39 is 0 Å². The molecule has 1 aromatic heterocycles. The van der Waals surface area contributed by atoms with Crippen molar-refractivity contribution in [2.75, 3.05) is 24.3 Å². The summed E-state index contributed by atoms with van der Waals surface area (Å²) in [4.78, 5) is 31.8. The number of thiophene rings is 1. The smallest absolute Gasteiger partial charge is 0.283 e. The van der Waals surface area contributed by atoms with E-state index in [2.05, 4.69) is 16.2 Å². The van der Waals surface area contributed by atoms with Gasteiger partial charge in [0.05, 0.1) is 30.1 Å². The average Bonchev–Trinajstić information content (AvgIpc) is 3.33. The Morgan fingerprint density at radius 3 is 2.97 bits per heavy atom. The molecular weight excluding hydrogens is 430 g/mol. The lowest BCUT2D eigenvalue weighted by molar-refractivity contribution is -0.118. The molecule has 1 aliphatic heterocycles. The number of halogens is 1. The number of methoxy groups -OCH3 is 1. The van der Waals surface area contributed by atoms with Crippen LogP contribution in [0.25, 0.3) is 6.08 Å². The number of nitrogens with zero attached hydrogens (tertiary/aromatic N) is 2. The lowest BCUT2D eigenvalue weighted by atomic mass is 10.2. The van der Waals surface area contributed by atoms with E-state index in [4.69, 9.17) is 22.8 Å². The predicted octanol–water partition coefficient (Wildman–Crippen LogP) is 3.64. The van der Waals surface area contributed by atoms with E-state index in [0.29, 0.717) is 21.6 Å². The first kappa shape index (κ1) is 21.0. The number of anilines is 1. The maximum Gasteiger partial charge on any atom is 0.283 e.